The summed E-state index contributed by atoms with van der Waals surface area (Å²) in [5, 5.41) is 6.57. The molecule has 0 radical (unpaired) electrons. The fourth-order valence-corrected chi connectivity index (χ4v) is 1.43. The molecule has 0 aromatic carbocycles. The summed E-state index contributed by atoms with van der Waals surface area (Å²) >= 11 is 0. The van der Waals surface area contributed by atoms with Crippen molar-refractivity contribution in [3.63, 3.8) is 0 Å². The molecule has 0 atom stereocenters. The summed E-state index contributed by atoms with van der Waals surface area (Å²) in [4.78, 5) is 15.4. The molecule has 0 unspecified atom stereocenters. The molecule has 0 saturated heterocycles. The Morgan fingerprint density at radius 2 is 2.33 bits per heavy atom. The molecule has 94 valence electrons. The zero-order valence-electron chi connectivity index (χ0n) is 9.72. The molecule has 1 amide bonds. The van der Waals surface area contributed by atoms with E-state index in [0.717, 1.165) is 12.3 Å². The summed E-state index contributed by atoms with van der Waals surface area (Å²) in [6.07, 6.45) is 4.13. The zero-order chi connectivity index (χ0) is 13.1. The lowest BCUT2D eigenvalue weighted by molar-refractivity contribution is 0.102. The van der Waals surface area contributed by atoms with Gasteiger partial charge in [-0.2, -0.15) is 5.10 Å². The number of halogens is 1. The number of nitrogens with zero attached hydrogens (tertiary/aromatic N) is 3. The van der Waals surface area contributed by atoms with Gasteiger partial charge in [0.25, 0.3) is 5.91 Å². The van der Waals surface area contributed by atoms with E-state index in [9.17, 15) is 9.18 Å². The summed E-state index contributed by atoms with van der Waals surface area (Å²) in [7, 11) is 0. The van der Waals surface area contributed by atoms with Crippen LogP contribution in [0.3, 0.4) is 0 Å². The Hall–Kier alpha value is -2.44. The number of pyridine rings is 1. The van der Waals surface area contributed by atoms with E-state index in [2.05, 4.69) is 15.4 Å². The third kappa shape index (κ3) is 2.45. The number of rotatable bonds is 3. The number of hydrogen-bond acceptors (Lipinski definition) is 4. The van der Waals surface area contributed by atoms with E-state index in [1.807, 2.05) is 6.92 Å². The van der Waals surface area contributed by atoms with E-state index in [0.29, 0.717) is 12.2 Å². The summed E-state index contributed by atoms with van der Waals surface area (Å²) in [6, 6.07) is 1.04. The van der Waals surface area contributed by atoms with Gasteiger partial charge >= 0.3 is 0 Å². The van der Waals surface area contributed by atoms with Gasteiger partial charge in [0.05, 0.1) is 23.6 Å². The van der Waals surface area contributed by atoms with Gasteiger partial charge in [-0.15, -0.1) is 0 Å². The molecule has 18 heavy (non-hydrogen) atoms. The van der Waals surface area contributed by atoms with Gasteiger partial charge in [0.15, 0.2) is 0 Å². The lowest BCUT2D eigenvalue weighted by Crippen LogP contribution is -2.15. The van der Waals surface area contributed by atoms with Crippen molar-refractivity contribution in [2.75, 3.05) is 11.1 Å². The molecule has 6 nitrogen and oxygen atoms in total. The summed E-state index contributed by atoms with van der Waals surface area (Å²) < 4.78 is 14.6. The number of anilines is 2. The van der Waals surface area contributed by atoms with Crippen LogP contribution in [-0.4, -0.2) is 20.7 Å². The Labute approximate surface area is 103 Å². The Morgan fingerprint density at radius 3 is 3.00 bits per heavy atom. The quantitative estimate of drug-likeness (QED) is 0.857. The second kappa shape index (κ2) is 4.82. The molecule has 0 aliphatic rings. The van der Waals surface area contributed by atoms with E-state index < -0.39 is 11.7 Å². The first-order chi connectivity index (χ1) is 8.60. The van der Waals surface area contributed by atoms with Gasteiger partial charge in [-0.1, -0.05) is 0 Å². The molecule has 2 aromatic rings. The van der Waals surface area contributed by atoms with Gasteiger partial charge < -0.3 is 11.1 Å². The van der Waals surface area contributed by atoms with Gasteiger partial charge in [-0.05, 0) is 13.0 Å². The molecule has 2 rings (SSSR count). The first-order valence-corrected chi connectivity index (χ1v) is 5.35. The van der Waals surface area contributed by atoms with Crippen LogP contribution in [0.15, 0.2) is 24.7 Å². The van der Waals surface area contributed by atoms with Gasteiger partial charge in [0.1, 0.15) is 11.6 Å². The van der Waals surface area contributed by atoms with Crippen LogP contribution < -0.4 is 11.1 Å². The second-order valence-corrected chi connectivity index (χ2v) is 3.63. The Balaban J connectivity index is 2.19. The van der Waals surface area contributed by atoms with Crippen LogP contribution in [0.1, 0.15) is 17.3 Å². The van der Waals surface area contributed by atoms with Crippen molar-refractivity contribution in [2.45, 2.75) is 13.5 Å². The number of nitrogens with one attached hydrogen (secondary N) is 1. The van der Waals surface area contributed by atoms with E-state index in [1.165, 1.54) is 6.20 Å². The smallest absolute Gasteiger partial charge is 0.259 e. The lowest BCUT2D eigenvalue weighted by Gasteiger charge is -2.04. The minimum Gasteiger partial charge on any atom is -0.383 e. The number of carbonyl (C=O) groups excluding carboxylic acids is 1. The highest BCUT2D eigenvalue weighted by Crippen LogP contribution is 2.13. The maximum atomic E-state index is 13.0. The predicted octanol–water partition coefficient (Wildman–Crippen LogP) is 1.27. The van der Waals surface area contributed by atoms with Gasteiger partial charge in [-0.3, -0.25) is 9.48 Å². The van der Waals surface area contributed by atoms with E-state index in [4.69, 9.17) is 5.73 Å². The molecule has 0 fully saturated rings. The standard InChI is InChI=1S/C11H12FN5O/c1-2-17-6-8(5-15-17)16-11(18)9-3-7(12)4-14-10(9)13/h3-6H,2H2,1H3,(H2,13,14)(H,16,18). The number of amides is 1. The summed E-state index contributed by atoms with van der Waals surface area (Å²) in [5.74, 6) is -1.15. The largest absolute Gasteiger partial charge is 0.383 e. The monoisotopic (exact) mass is 249 g/mol. The molecule has 0 spiro atoms. The molecular formula is C11H12FN5O. The molecule has 7 heteroatoms. The highest BCUT2D eigenvalue weighted by atomic mass is 19.1. The molecule has 2 heterocycles. The van der Waals surface area contributed by atoms with Crippen LogP contribution in [0.2, 0.25) is 0 Å². The van der Waals surface area contributed by atoms with E-state index >= 15 is 0 Å². The Bertz CT molecular complexity index is 581. The highest BCUT2D eigenvalue weighted by molar-refractivity contribution is 6.07. The van der Waals surface area contributed by atoms with Gasteiger partial charge in [0, 0.05) is 12.7 Å². The number of aryl methyl sites for hydroxylation is 1. The summed E-state index contributed by atoms with van der Waals surface area (Å²) in [6.45, 7) is 2.62. The lowest BCUT2D eigenvalue weighted by atomic mass is 10.2. The van der Waals surface area contributed by atoms with Crippen molar-refractivity contribution >= 4 is 17.4 Å². The van der Waals surface area contributed by atoms with Crippen molar-refractivity contribution < 1.29 is 9.18 Å². The van der Waals surface area contributed by atoms with Crippen LogP contribution in [-0.2, 0) is 6.54 Å². The average molecular weight is 249 g/mol. The fourth-order valence-electron chi connectivity index (χ4n) is 1.43. The van der Waals surface area contributed by atoms with Crippen LogP contribution in [0.4, 0.5) is 15.9 Å². The molecular weight excluding hydrogens is 237 g/mol. The van der Waals surface area contributed by atoms with E-state index in [-0.39, 0.29) is 11.4 Å². The van der Waals surface area contributed by atoms with Gasteiger partial charge in [-0.25, -0.2) is 9.37 Å². The van der Waals surface area contributed by atoms with Crippen molar-refractivity contribution in [2.24, 2.45) is 0 Å². The molecule has 0 saturated carbocycles. The molecule has 0 aliphatic heterocycles. The number of hydrogen-bond donors (Lipinski definition) is 2. The normalized spacial score (nSPS) is 10.3. The van der Waals surface area contributed by atoms with Crippen molar-refractivity contribution in [1.29, 1.82) is 0 Å². The minimum atomic E-state index is -0.612. The van der Waals surface area contributed by atoms with Crippen LogP contribution >= 0.6 is 0 Å². The van der Waals surface area contributed by atoms with Gasteiger partial charge in [0.2, 0.25) is 0 Å². The third-order valence-electron chi connectivity index (χ3n) is 2.34. The van der Waals surface area contributed by atoms with Crippen molar-refractivity contribution in [1.82, 2.24) is 14.8 Å². The summed E-state index contributed by atoms with van der Waals surface area (Å²) in [5.41, 5.74) is 6.03. The van der Waals surface area contributed by atoms with E-state index in [1.54, 1.807) is 10.9 Å². The average Bonchev–Trinajstić information content (AvgIpc) is 2.80. The first kappa shape index (κ1) is 12.0. The van der Waals surface area contributed by atoms with Crippen LogP contribution in [0.25, 0.3) is 0 Å². The maximum Gasteiger partial charge on any atom is 0.259 e. The molecule has 0 aliphatic carbocycles. The third-order valence-corrected chi connectivity index (χ3v) is 2.34. The number of carbonyl (C=O) groups is 1. The zero-order valence-corrected chi connectivity index (χ0v) is 9.72. The minimum absolute atomic E-state index is 0.000696. The Kier molecular flexibility index (Phi) is 3.22. The fraction of sp³-hybridized carbons (Fsp3) is 0.182. The Morgan fingerprint density at radius 1 is 1.56 bits per heavy atom. The SMILES string of the molecule is CCn1cc(NC(=O)c2cc(F)cnc2N)cn1. The predicted molar refractivity (Wildman–Crippen MR) is 64.5 cm³/mol. The topological polar surface area (TPSA) is 85.8 Å². The highest BCUT2D eigenvalue weighted by Gasteiger charge is 2.13. The van der Waals surface area contributed by atoms with Crippen LogP contribution in [0, 0.1) is 5.82 Å². The molecule has 3 N–H and O–H groups in total. The number of nitrogens with two attached hydrogens (primary N) is 1. The second-order valence-electron chi connectivity index (χ2n) is 3.63. The maximum absolute atomic E-state index is 13.0. The molecule has 2 aromatic heterocycles. The molecule has 0 bridgehead atoms. The number of aromatic nitrogens is 3. The van der Waals surface area contributed by atoms with Crippen molar-refractivity contribution in [3.05, 3.63) is 36.0 Å². The van der Waals surface area contributed by atoms with Crippen LogP contribution in [0.5, 0.6) is 0 Å². The van der Waals surface area contributed by atoms with Crippen molar-refractivity contribution in [3.8, 4) is 0 Å². The first-order valence-electron chi connectivity index (χ1n) is 5.35. The number of nitrogen functional groups attached to an aromatic ring is 1.